The third-order valence-electron chi connectivity index (χ3n) is 5.32. The number of piperidine rings is 1. The molecule has 3 rings (SSSR count). The van der Waals surface area contributed by atoms with Gasteiger partial charge in [-0.15, -0.1) is 6.42 Å². The molecule has 162 valence electrons. The third kappa shape index (κ3) is 6.00. The van der Waals surface area contributed by atoms with Crippen molar-refractivity contribution in [3.05, 3.63) is 70.7 Å². The summed E-state index contributed by atoms with van der Waals surface area (Å²) in [6.07, 6.45) is 5.65. The van der Waals surface area contributed by atoms with Crippen LogP contribution in [0.1, 0.15) is 28.8 Å². The van der Waals surface area contributed by atoms with Gasteiger partial charge in [0.05, 0.1) is 29.3 Å². The predicted molar refractivity (Wildman–Crippen MR) is 119 cm³/mol. The van der Waals surface area contributed by atoms with Crippen molar-refractivity contribution in [2.24, 2.45) is 0 Å². The van der Waals surface area contributed by atoms with Gasteiger partial charge in [0.25, 0.3) is 5.91 Å². The van der Waals surface area contributed by atoms with Crippen LogP contribution in [0, 0.1) is 12.3 Å². The maximum Gasteiger partial charge on any atom is 0.410 e. The van der Waals surface area contributed by atoms with Crippen LogP contribution in [0.5, 0.6) is 0 Å². The van der Waals surface area contributed by atoms with E-state index in [1.165, 1.54) is 4.90 Å². The largest absolute Gasteiger partial charge is 0.445 e. The Morgan fingerprint density at radius 2 is 1.77 bits per heavy atom. The molecule has 0 atom stereocenters. The molecule has 0 radical (unpaired) electrons. The molecule has 0 saturated carbocycles. The van der Waals surface area contributed by atoms with Crippen molar-refractivity contribution in [3.8, 4) is 12.3 Å². The molecule has 2 amide bonds. The minimum atomic E-state index is -1.15. The van der Waals surface area contributed by atoms with Crippen LogP contribution in [0.3, 0.4) is 0 Å². The fourth-order valence-electron chi connectivity index (χ4n) is 3.54. The van der Waals surface area contributed by atoms with E-state index >= 15 is 0 Å². The van der Waals surface area contributed by atoms with Crippen LogP contribution < -0.4 is 0 Å². The Kier molecular flexibility index (Phi) is 7.56. The Morgan fingerprint density at radius 1 is 1.13 bits per heavy atom. The van der Waals surface area contributed by atoms with Gasteiger partial charge in [0.1, 0.15) is 6.61 Å². The van der Waals surface area contributed by atoms with E-state index in [4.69, 9.17) is 22.8 Å². The maximum absolute atomic E-state index is 12.9. The van der Waals surface area contributed by atoms with E-state index in [1.807, 2.05) is 30.3 Å². The molecule has 6 nitrogen and oxygen atoms in total. The summed E-state index contributed by atoms with van der Waals surface area (Å²) in [6.45, 7) is 0.967. The van der Waals surface area contributed by atoms with E-state index in [0.717, 1.165) is 5.56 Å². The van der Waals surface area contributed by atoms with E-state index in [9.17, 15) is 14.7 Å². The summed E-state index contributed by atoms with van der Waals surface area (Å²) in [4.78, 5) is 28.3. The highest BCUT2D eigenvalue weighted by molar-refractivity contribution is 6.33. The summed E-state index contributed by atoms with van der Waals surface area (Å²) < 4.78 is 5.36. The number of carbonyl (C=O) groups excluding carboxylic acids is 2. The lowest BCUT2D eigenvalue weighted by atomic mass is 9.90. The molecular formula is C24H25ClN2O4. The van der Waals surface area contributed by atoms with Crippen LogP contribution in [0.2, 0.25) is 5.02 Å². The van der Waals surface area contributed by atoms with Crippen molar-refractivity contribution in [1.82, 2.24) is 9.80 Å². The van der Waals surface area contributed by atoms with Gasteiger partial charge in [0.2, 0.25) is 0 Å². The second kappa shape index (κ2) is 10.3. The molecule has 2 aromatic carbocycles. The first-order valence-corrected chi connectivity index (χ1v) is 10.4. The Hall–Kier alpha value is -3.01. The number of hydrogen-bond donors (Lipinski definition) is 1. The van der Waals surface area contributed by atoms with Gasteiger partial charge in [-0.1, -0.05) is 60.0 Å². The molecule has 0 aliphatic carbocycles. The Labute approximate surface area is 187 Å². The molecule has 2 aromatic rings. The number of halogens is 1. The number of ether oxygens (including phenoxy) is 1. The van der Waals surface area contributed by atoms with Gasteiger partial charge in [-0.25, -0.2) is 4.79 Å². The molecule has 0 aromatic heterocycles. The standard InChI is InChI=1S/C24H25ClN2O4/c1-2-14-27(22(28)20-10-6-7-11-21(20)25)18-24(30)12-15-26(16-13-24)23(29)31-17-19-8-4-3-5-9-19/h1,3-11,30H,12-18H2. The monoisotopic (exact) mass is 440 g/mol. The smallest absolute Gasteiger partial charge is 0.410 e. The van der Waals surface area contributed by atoms with Crippen LogP contribution in [-0.2, 0) is 11.3 Å². The van der Waals surface area contributed by atoms with E-state index in [-0.39, 0.29) is 25.6 Å². The zero-order valence-electron chi connectivity index (χ0n) is 17.2. The van der Waals surface area contributed by atoms with Crippen molar-refractivity contribution >= 4 is 23.6 Å². The van der Waals surface area contributed by atoms with Crippen LogP contribution in [0.25, 0.3) is 0 Å². The summed E-state index contributed by atoms with van der Waals surface area (Å²) in [5, 5.41) is 11.4. The molecule has 31 heavy (non-hydrogen) atoms. The Morgan fingerprint density at radius 3 is 2.42 bits per heavy atom. The van der Waals surface area contributed by atoms with Crippen LogP contribution >= 0.6 is 11.6 Å². The van der Waals surface area contributed by atoms with Gasteiger partial charge in [-0.2, -0.15) is 0 Å². The molecule has 0 unspecified atom stereocenters. The van der Waals surface area contributed by atoms with E-state index in [2.05, 4.69) is 5.92 Å². The summed E-state index contributed by atoms with van der Waals surface area (Å²) in [6, 6.07) is 16.2. The minimum Gasteiger partial charge on any atom is -0.445 e. The van der Waals surface area contributed by atoms with E-state index < -0.39 is 11.7 Å². The molecule has 0 bridgehead atoms. The first-order chi connectivity index (χ1) is 14.9. The average molecular weight is 441 g/mol. The molecule has 1 aliphatic heterocycles. The highest BCUT2D eigenvalue weighted by Gasteiger charge is 2.37. The fourth-order valence-corrected chi connectivity index (χ4v) is 3.76. The van der Waals surface area contributed by atoms with E-state index in [1.54, 1.807) is 29.2 Å². The molecule has 1 N–H and O–H groups in total. The molecule has 1 saturated heterocycles. The quantitative estimate of drug-likeness (QED) is 0.697. The molecular weight excluding hydrogens is 416 g/mol. The number of nitrogens with zero attached hydrogens (tertiary/aromatic N) is 2. The number of likely N-dealkylation sites (tertiary alicyclic amines) is 1. The van der Waals surface area contributed by atoms with Crippen molar-refractivity contribution in [3.63, 3.8) is 0 Å². The Bertz CT molecular complexity index is 950. The number of terminal acetylenes is 1. The van der Waals surface area contributed by atoms with Crippen LogP contribution in [0.15, 0.2) is 54.6 Å². The number of aliphatic hydroxyl groups is 1. The summed E-state index contributed by atoms with van der Waals surface area (Å²) in [7, 11) is 0. The molecule has 7 heteroatoms. The fraction of sp³-hybridized carbons (Fsp3) is 0.333. The summed E-state index contributed by atoms with van der Waals surface area (Å²) >= 11 is 6.15. The zero-order chi connectivity index (χ0) is 22.3. The second-order valence-electron chi connectivity index (χ2n) is 7.60. The first-order valence-electron chi connectivity index (χ1n) is 10.1. The molecule has 1 heterocycles. The second-order valence-corrected chi connectivity index (χ2v) is 8.00. The molecule has 0 spiro atoms. The summed E-state index contributed by atoms with van der Waals surface area (Å²) in [5.74, 6) is 2.14. The normalized spacial score (nSPS) is 15.1. The summed E-state index contributed by atoms with van der Waals surface area (Å²) in [5.41, 5.74) is 0.0987. The topological polar surface area (TPSA) is 70.1 Å². The van der Waals surface area contributed by atoms with Gasteiger partial charge >= 0.3 is 6.09 Å². The number of rotatable bonds is 6. The van der Waals surface area contributed by atoms with Gasteiger partial charge in [-0.3, -0.25) is 4.79 Å². The average Bonchev–Trinajstić information content (AvgIpc) is 2.78. The minimum absolute atomic E-state index is 0.0508. The van der Waals surface area contributed by atoms with Crippen molar-refractivity contribution in [2.45, 2.75) is 25.0 Å². The Balaban J connectivity index is 1.57. The van der Waals surface area contributed by atoms with Gasteiger partial charge in [0.15, 0.2) is 0 Å². The zero-order valence-corrected chi connectivity index (χ0v) is 17.9. The molecule has 1 fully saturated rings. The lowest BCUT2D eigenvalue weighted by molar-refractivity contribution is -0.0382. The van der Waals surface area contributed by atoms with Gasteiger partial charge < -0.3 is 19.6 Å². The highest BCUT2D eigenvalue weighted by atomic mass is 35.5. The number of amides is 2. The first kappa shape index (κ1) is 22.7. The molecule has 1 aliphatic rings. The lowest BCUT2D eigenvalue weighted by Crippen LogP contribution is -2.53. The van der Waals surface area contributed by atoms with Crippen LogP contribution in [0.4, 0.5) is 4.79 Å². The third-order valence-corrected chi connectivity index (χ3v) is 5.65. The lowest BCUT2D eigenvalue weighted by Gasteiger charge is -2.40. The number of benzene rings is 2. The SMILES string of the molecule is C#CCN(CC1(O)CCN(C(=O)OCc2ccccc2)CC1)C(=O)c1ccccc1Cl. The van der Waals surface area contributed by atoms with Crippen molar-refractivity contribution < 1.29 is 19.4 Å². The van der Waals surface area contributed by atoms with Gasteiger partial charge in [0, 0.05) is 13.1 Å². The number of carbonyl (C=O) groups is 2. The van der Waals surface area contributed by atoms with Crippen LogP contribution in [-0.4, -0.2) is 58.7 Å². The van der Waals surface area contributed by atoms with Gasteiger partial charge in [-0.05, 0) is 30.5 Å². The van der Waals surface area contributed by atoms with Crippen molar-refractivity contribution in [2.75, 3.05) is 26.2 Å². The maximum atomic E-state index is 12.9. The highest BCUT2D eigenvalue weighted by Crippen LogP contribution is 2.26. The predicted octanol–water partition coefficient (Wildman–Crippen LogP) is 3.58. The number of hydrogen-bond acceptors (Lipinski definition) is 4. The van der Waals surface area contributed by atoms with E-state index in [0.29, 0.717) is 36.5 Å². The van der Waals surface area contributed by atoms with Crippen molar-refractivity contribution in [1.29, 1.82) is 0 Å².